The standard InChI is InChI=1S/C18H22N4O5S/c1-11(18(24)22-13-5-4-6-15(9-13)28(19,25)26)20-16-10-14(21-12(2)23)7-8-17(16)27-3/h4-11,20H,1-3H3,(H,21,23)(H,22,24)(H2,19,25,26). The van der Waals surface area contributed by atoms with E-state index >= 15 is 0 Å². The maximum absolute atomic E-state index is 12.5. The quantitative estimate of drug-likeness (QED) is 0.552. The van der Waals surface area contributed by atoms with Crippen molar-refractivity contribution in [3.63, 3.8) is 0 Å². The number of carbonyl (C=O) groups excluding carboxylic acids is 2. The molecule has 1 atom stereocenters. The number of methoxy groups -OCH3 is 1. The lowest BCUT2D eigenvalue weighted by Gasteiger charge is -2.18. The molecule has 1 unspecified atom stereocenters. The van der Waals surface area contributed by atoms with Crippen molar-refractivity contribution in [3.8, 4) is 5.75 Å². The van der Waals surface area contributed by atoms with Crippen LogP contribution in [0.2, 0.25) is 0 Å². The van der Waals surface area contributed by atoms with E-state index in [4.69, 9.17) is 9.88 Å². The molecule has 0 radical (unpaired) electrons. The second-order valence-corrected chi connectivity index (χ2v) is 7.59. The fourth-order valence-corrected chi connectivity index (χ4v) is 2.96. The molecule has 2 amide bonds. The zero-order chi connectivity index (χ0) is 20.9. The van der Waals surface area contributed by atoms with Gasteiger partial charge in [-0.25, -0.2) is 13.6 Å². The van der Waals surface area contributed by atoms with Gasteiger partial charge >= 0.3 is 0 Å². The summed E-state index contributed by atoms with van der Waals surface area (Å²) in [6.45, 7) is 3.02. The van der Waals surface area contributed by atoms with Gasteiger partial charge in [-0.1, -0.05) is 6.07 Å². The van der Waals surface area contributed by atoms with E-state index in [1.165, 1.54) is 32.2 Å². The van der Waals surface area contributed by atoms with Crippen molar-refractivity contribution in [1.29, 1.82) is 0 Å². The summed E-state index contributed by atoms with van der Waals surface area (Å²) < 4.78 is 28.1. The molecule has 10 heteroatoms. The van der Waals surface area contributed by atoms with Crippen LogP contribution in [-0.4, -0.2) is 33.4 Å². The average Bonchev–Trinajstić information content (AvgIpc) is 2.61. The second kappa shape index (κ2) is 8.72. The maximum atomic E-state index is 12.5. The van der Waals surface area contributed by atoms with Crippen LogP contribution in [0.4, 0.5) is 17.1 Å². The third-order valence-corrected chi connectivity index (χ3v) is 4.63. The number of sulfonamides is 1. The highest BCUT2D eigenvalue weighted by molar-refractivity contribution is 7.89. The van der Waals surface area contributed by atoms with E-state index in [1.807, 2.05) is 0 Å². The number of rotatable bonds is 7. The molecule has 0 aliphatic carbocycles. The van der Waals surface area contributed by atoms with Crippen molar-refractivity contribution < 1.29 is 22.7 Å². The van der Waals surface area contributed by atoms with Gasteiger partial charge in [-0.2, -0.15) is 0 Å². The molecule has 5 N–H and O–H groups in total. The van der Waals surface area contributed by atoms with Crippen LogP contribution in [0.1, 0.15) is 13.8 Å². The number of nitrogens with one attached hydrogen (secondary N) is 3. The van der Waals surface area contributed by atoms with E-state index in [-0.39, 0.29) is 10.8 Å². The summed E-state index contributed by atoms with van der Waals surface area (Å²) in [7, 11) is -2.38. The van der Waals surface area contributed by atoms with Crippen molar-refractivity contribution in [3.05, 3.63) is 42.5 Å². The molecule has 0 saturated carbocycles. The molecule has 2 aromatic rings. The highest BCUT2D eigenvalue weighted by Crippen LogP contribution is 2.28. The van der Waals surface area contributed by atoms with Crippen LogP contribution >= 0.6 is 0 Å². The van der Waals surface area contributed by atoms with Crippen LogP contribution in [0, 0.1) is 0 Å². The predicted molar refractivity (Wildman–Crippen MR) is 107 cm³/mol. The van der Waals surface area contributed by atoms with Gasteiger partial charge in [0.15, 0.2) is 0 Å². The largest absolute Gasteiger partial charge is 0.495 e. The first-order valence-corrected chi connectivity index (χ1v) is 9.80. The topological polar surface area (TPSA) is 140 Å². The van der Waals surface area contributed by atoms with E-state index < -0.39 is 22.0 Å². The van der Waals surface area contributed by atoms with E-state index in [9.17, 15) is 18.0 Å². The molecule has 150 valence electrons. The zero-order valence-corrected chi connectivity index (χ0v) is 16.5. The molecule has 0 bridgehead atoms. The van der Waals surface area contributed by atoms with E-state index in [0.717, 1.165) is 0 Å². The first kappa shape index (κ1) is 21.2. The van der Waals surface area contributed by atoms with Gasteiger partial charge in [0.05, 0.1) is 17.7 Å². The Morgan fingerprint density at radius 1 is 1.07 bits per heavy atom. The Morgan fingerprint density at radius 2 is 1.75 bits per heavy atom. The smallest absolute Gasteiger partial charge is 0.246 e. The molecular formula is C18H22N4O5S. The van der Waals surface area contributed by atoms with Gasteiger partial charge in [-0.3, -0.25) is 9.59 Å². The summed E-state index contributed by atoms with van der Waals surface area (Å²) >= 11 is 0. The first-order chi connectivity index (χ1) is 13.1. The molecule has 0 heterocycles. The summed E-state index contributed by atoms with van der Waals surface area (Å²) in [4.78, 5) is 23.6. The Bertz CT molecular complexity index is 991. The monoisotopic (exact) mass is 406 g/mol. The molecule has 28 heavy (non-hydrogen) atoms. The lowest BCUT2D eigenvalue weighted by Crippen LogP contribution is -2.32. The Labute approximate surface area is 163 Å². The first-order valence-electron chi connectivity index (χ1n) is 8.26. The van der Waals surface area contributed by atoms with Gasteiger partial charge in [-0.15, -0.1) is 0 Å². The molecule has 0 saturated heterocycles. The number of benzene rings is 2. The Balaban J connectivity index is 2.15. The predicted octanol–water partition coefficient (Wildman–Crippen LogP) is 1.74. The molecule has 2 aromatic carbocycles. The Morgan fingerprint density at radius 3 is 2.36 bits per heavy atom. The third kappa shape index (κ3) is 5.69. The van der Waals surface area contributed by atoms with Crippen LogP contribution in [0.25, 0.3) is 0 Å². The van der Waals surface area contributed by atoms with Gasteiger partial charge in [0.25, 0.3) is 0 Å². The van der Waals surface area contributed by atoms with E-state index in [0.29, 0.717) is 22.8 Å². The molecule has 9 nitrogen and oxygen atoms in total. The second-order valence-electron chi connectivity index (χ2n) is 6.02. The summed E-state index contributed by atoms with van der Waals surface area (Å²) in [5.41, 5.74) is 1.35. The average molecular weight is 406 g/mol. The van der Waals surface area contributed by atoms with Gasteiger partial charge in [0, 0.05) is 18.3 Å². The van der Waals surface area contributed by atoms with Crippen molar-refractivity contribution in [2.45, 2.75) is 24.8 Å². The molecule has 0 aromatic heterocycles. The number of carbonyl (C=O) groups is 2. The number of primary sulfonamides is 1. The van der Waals surface area contributed by atoms with Gasteiger partial charge < -0.3 is 20.7 Å². The SMILES string of the molecule is COc1ccc(NC(C)=O)cc1NC(C)C(=O)Nc1cccc(S(N)(=O)=O)c1. The highest BCUT2D eigenvalue weighted by atomic mass is 32.2. The molecule has 0 fully saturated rings. The molecule has 0 aliphatic heterocycles. The van der Waals surface area contributed by atoms with Crippen LogP contribution in [0.3, 0.4) is 0 Å². The minimum Gasteiger partial charge on any atom is -0.495 e. The van der Waals surface area contributed by atoms with Gasteiger partial charge in [0.1, 0.15) is 11.8 Å². The van der Waals surface area contributed by atoms with Crippen LogP contribution in [0.15, 0.2) is 47.4 Å². The summed E-state index contributed by atoms with van der Waals surface area (Å²) in [5, 5.41) is 13.4. The van der Waals surface area contributed by atoms with Crippen molar-refractivity contribution >= 4 is 38.9 Å². The van der Waals surface area contributed by atoms with Crippen molar-refractivity contribution in [1.82, 2.24) is 0 Å². The summed E-state index contributed by atoms with van der Waals surface area (Å²) in [6, 6.07) is 9.93. The van der Waals surface area contributed by atoms with E-state index in [2.05, 4.69) is 16.0 Å². The van der Waals surface area contributed by atoms with Crippen molar-refractivity contribution in [2.75, 3.05) is 23.1 Å². The minimum absolute atomic E-state index is 0.101. The highest BCUT2D eigenvalue weighted by Gasteiger charge is 2.17. The number of ether oxygens (including phenoxy) is 1. The maximum Gasteiger partial charge on any atom is 0.246 e. The van der Waals surface area contributed by atoms with Crippen LogP contribution in [-0.2, 0) is 19.6 Å². The lowest BCUT2D eigenvalue weighted by atomic mass is 10.2. The number of hydrogen-bond acceptors (Lipinski definition) is 6. The molecule has 0 spiro atoms. The fourth-order valence-electron chi connectivity index (χ4n) is 2.40. The van der Waals surface area contributed by atoms with Gasteiger partial charge in [-0.05, 0) is 43.3 Å². The summed E-state index contributed by atoms with van der Waals surface area (Å²) in [6.07, 6.45) is 0. The number of amides is 2. The Kier molecular flexibility index (Phi) is 6.60. The van der Waals surface area contributed by atoms with Gasteiger partial charge in [0.2, 0.25) is 21.8 Å². The van der Waals surface area contributed by atoms with Crippen LogP contribution in [0.5, 0.6) is 5.75 Å². The number of hydrogen-bond donors (Lipinski definition) is 4. The zero-order valence-electron chi connectivity index (χ0n) is 15.6. The minimum atomic E-state index is -3.87. The molecule has 0 aliphatic rings. The number of anilines is 3. The lowest BCUT2D eigenvalue weighted by molar-refractivity contribution is -0.116. The van der Waals surface area contributed by atoms with Crippen LogP contribution < -0.4 is 25.8 Å². The fraction of sp³-hybridized carbons (Fsp3) is 0.222. The Hall–Kier alpha value is -3.11. The van der Waals surface area contributed by atoms with E-state index in [1.54, 1.807) is 31.2 Å². The third-order valence-electron chi connectivity index (χ3n) is 3.72. The van der Waals surface area contributed by atoms with Crippen molar-refractivity contribution in [2.24, 2.45) is 5.14 Å². The molecule has 2 rings (SSSR count). The normalized spacial score (nSPS) is 12.0. The number of nitrogens with two attached hydrogens (primary N) is 1. The molecular weight excluding hydrogens is 384 g/mol. The summed E-state index contributed by atoms with van der Waals surface area (Å²) in [5.74, 6) is -0.139.